The van der Waals surface area contributed by atoms with Crippen molar-refractivity contribution in [3.8, 4) is 0 Å². The van der Waals surface area contributed by atoms with Gasteiger partial charge in [-0.3, -0.25) is 0 Å². The zero-order valence-corrected chi connectivity index (χ0v) is 12.9. The van der Waals surface area contributed by atoms with Crippen molar-refractivity contribution in [2.75, 3.05) is 7.05 Å². The SMILES string of the molecule is CCC(CC)NC(=O)N(C)Cc1ccc(Br)s1. The summed E-state index contributed by atoms with van der Waals surface area (Å²) in [5.74, 6) is 0. The van der Waals surface area contributed by atoms with Crippen LogP contribution < -0.4 is 5.32 Å². The molecule has 96 valence electrons. The van der Waals surface area contributed by atoms with Gasteiger partial charge in [0.15, 0.2) is 0 Å². The standard InChI is InChI=1S/C12H19BrN2OS/c1-4-9(5-2)14-12(16)15(3)8-10-6-7-11(13)17-10/h6-7,9H,4-5,8H2,1-3H3,(H,14,16). The van der Waals surface area contributed by atoms with E-state index in [2.05, 4.69) is 35.1 Å². The molecular formula is C12H19BrN2OS. The third-order valence-corrected chi connectivity index (χ3v) is 4.29. The molecule has 1 aromatic rings. The first kappa shape index (κ1) is 14.5. The maximum absolute atomic E-state index is 11.9. The van der Waals surface area contributed by atoms with Crippen LogP contribution in [-0.2, 0) is 6.54 Å². The predicted octanol–water partition coefficient (Wildman–Crippen LogP) is 3.84. The molecule has 0 atom stereocenters. The lowest BCUT2D eigenvalue weighted by molar-refractivity contribution is 0.202. The molecule has 2 amide bonds. The lowest BCUT2D eigenvalue weighted by Crippen LogP contribution is -2.42. The summed E-state index contributed by atoms with van der Waals surface area (Å²) in [6.45, 7) is 4.83. The van der Waals surface area contributed by atoms with E-state index in [1.807, 2.05) is 19.2 Å². The third-order valence-electron chi connectivity index (χ3n) is 2.68. The topological polar surface area (TPSA) is 32.3 Å². The Bertz CT molecular complexity index is 363. The molecule has 0 aliphatic carbocycles. The highest BCUT2D eigenvalue weighted by molar-refractivity contribution is 9.11. The van der Waals surface area contributed by atoms with Crippen LogP contribution >= 0.6 is 27.3 Å². The van der Waals surface area contributed by atoms with Crippen molar-refractivity contribution < 1.29 is 4.79 Å². The van der Waals surface area contributed by atoms with Crippen LogP contribution in [0.5, 0.6) is 0 Å². The Labute approximate surface area is 115 Å². The zero-order chi connectivity index (χ0) is 12.8. The van der Waals surface area contributed by atoms with Crippen molar-refractivity contribution in [1.29, 1.82) is 0 Å². The van der Waals surface area contributed by atoms with E-state index in [0.29, 0.717) is 6.54 Å². The molecule has 0 spiro atoms. The lowest BCUT2D eigenvalue weighted by atomic mass is 10.2. The summed E-state index contributed by atoms with van der Waals surface area (Å²) in [6, 6.07) is 4.32. The molecule has 0 saturated heterocycles. The molecule has 0 saturated carbocycles. The van der Waals surface area contributed by atoms with Crippen molar-refractivity contribution in [3.05, 3.63) is 20.8 Å². The Morgan fingerprint density at radius 2 is 2.12 bits per heavy atom. The van der Waals surface area contributed by atoms with Crippen LogP contribution in [0.3, 0.4) is 0 Å². The first-order valence-electron chi connectivity index (χ1n) is 5.82. The van der Waals surface area contributed by atoms with E-state index in [1.165, 1.54) is 4.88 Å². The summed E-state index contributed by atoms with van der Waals surface area (Å²) in [4.78, 5) is 14.8. The maximum atomic E-state index is 11.9. The van der Waals surface area contributed by atoms with Gasteiger partial charge in [-0.1, -0.05) is 13.8 Å². The summed E-state index contributed by atoms with van der Waals surface area (Å²) in [5, 5.41) is 3.02. The van der Waals surface area contributed by atoms with E-state index in [0.717, 1.165) is 16.6 Å². The van der Waals surface area contributed by atoms with Crippen molar-refractivity contribution in [2.24, 2.45) is 0 Å². The van der Waals surface area contributed by atoms with E-state index in [9.17, 15) is 4.79 Å². The number of carbonyl (C=O) groups is 1. The molecule has 3 nitrogen and oxygen atoms in total. The Balaban J connectivity index is 2.46. The fraction of sp³-hybridized carbons (Fsp3) is 0.583. The van der Waals surface area contributed by atoms with Gasteiger partial charge in [0, 0.05) is 18.0 Å². The highest BCUT2D eigenvalue weighted by Crippen LogP contribution is 2.22. The van der Waals surface area contributed by atoms with Crippen molar-refractivity contribution in [2.45, 2.75) is 39.3 Å². The highest BCUT2D eigenvalue weighted by atomic mass is 79.9. The fourth-order valence-corrected chi connectivity index (χ4v) is 3.06. The number of amides is 2. The molecular weight excluding hydrogens is 300 g/mol. The minimum absolute atomic E-state index is 0.00298. The molecule has 0 unspecified atom stereocenters. The number of halogens is 1. The van der Waals surface area contributed by atoms with Gasteiger partial charge >= 0.3 is 6.03 Å². The average molecular weight is 319 g/mol. The van der Waals surface area contributed by atoms with Gasteiger partial charge in [-0.25, -0.2) is 4.79 Å². The van der Waals surface area contributed by atoms with E-state index >= 15 is 0 Å². The van der Waals surface area contributed by atoms with Gasteiger partial charge < -0.3 is 10.2 Å². The first-order valence-corrected chi connectivity index (χ1v) is 7.43. The Morgan fingerprint density at radius 1 is 1.47 bits per heavy atom. The van der Waals surface area contributed by atoms with Gasteiger partial charge in [-0.05, 0) is 40.9 Å². The summed E-state index contributed by atoms with van der Waals surface area (Å²) < 4.78 is 1.10. The summed E-state index contributed by atoms with van der Waals surface area (Å²) in [5.41, 5.74) is 0. The maximum Gasteiger partial charge on any atom is 0.317 e. The monoisotopic (exact) mass is 318 g/mol. The number of hydrogen-bond donors (Lipinski definition) is 1. The molecule has 5 heteroatoms. The van der Waals surface area contributed by atoms with Crippen LogP contribution in [0.15, 0.2) is 15.9 Å². The molecule has 17 heavy (non-hydrogen) atoms. The number of nitrogens with zero attached hydrogens (tertiary/aromatic N) is 1. The van der Waals surface area contributed by atoms with Crippen LogP contribution in [0, 0.1) is 0 Å². The molecule has 0 bridgehead atoms. The van der Waals surface area contributed by atoms with E-state index in [4.69, 9.17) is 0 Å². The summed E-state index contributed by atoms with van der Waals surface area (Å²) >= 11 is 5.08. The average Bonchev–Trinajstić information content (AvgIpc) is 2.71. The molecule has 0 fully saturated rings. The summed E-state index contributed by atoms with van der Waals surface area (Å²) in [6.07, 6.45) is 1.95. The Kier molecular flexibility index (Phi) is 5.98. The van der Waals surface area contributed by atoms with E-state index < -0.39 is 0 Å². The molecule has 1 rings (SSSR count). The van der Waals surface area contributed by atoms with Crippen LogP contribution in [0.25, 0.3) is 0 Å². The zero-order valence-electron chi connectivity index (χ0n) is 10.5. The second-order valence-electron chi connectivity index (χ2n) is 4.02. The van der Waals surface area contributed by atoms with Crippen LogP contribution in [0.4, 0.5) is 4.79 Å². The number of carbonyl (C=O) groups excluding carboxylic acids is 1. The van der Waals surface area contributed by atoms with Crippen molar-refractivity contribution >= 4 is 33.3 Å². The quantitative estimate of drug-likeness (QED) is 0.879. The van der Waals surface area contributed by atoms with Gasteiger partial charge in [0.1, 0.15) is 0 Å². The first-order chi connectivity index (χ1) is 8.06. The minimum Gasteiger partial charge on any atom is -0.335 e. The van der Waals surface area contributed by atoms with Crippen LogP contribution in [-0.4, -0.2) is 24.0 Å². The van der Waals surface area contributed by atoms with E-state index in [1.54, 1.807) is 16.2 Å². The van der Waals surface area contributed by atoms with Gasteiger partial charge in [0.25, 0.3) is 0 Å². The number of nitrogens with one attached hydrogen (secondary N) is 1. The van der Waals surface area contributed by atoms with Gasteiger partial charge in [0.2, 0.25) is 0 Å². The molecule has 0 aromatic carbocycles. The summed E-state index contributed by atoms with van der Waals surface area (Å²) in [7, 11) is 1.82. The molecule has 0 aliphatic rings. The second-order valence-corrected chi connectivity index (χ2v) is 6.57. The Hall–Kier alpha value is -0.550. The van der Waals surface area contributed by atoms with Gasteiger partial charge in [-0.15, -0.1) is 11.3 Å². The normalized spacial score (nSPS) is 10.6. The third kappa shape index (κ3) is 4.68. The number of urea groups is 1. The lowest BCUT2D eigenvalue weighted by Gasteiger charge is -2.21. The number of rotatable bonds is 5. The van der Waals surface area contributed by atoms with Crippen molar-refractivity contribution in [1.82, 2.24) is 10.2 Å². The number of hydrogen-bond acceptors (Lipinski definition) is 2. The number of thiophene rings is 1. The highest BCUT2D eigenvalue weighted by Gasteiger charge is 2.13. The molecule has 0 aliphatic heterocycles. The Morgan fingerprint density at radius 3 is 2.59 bits per heavy atom. The van der Waals surface area contributed by atoms with Gasteiger partial charge in [0.05, 0.1) is 10.3 Å². The van der Waals surface area contributed by atoms with Gasteiger partial charge in [-0.2, -0.15) is 0 Å². The molecule has 1 heterocycles. The minimum atomic E-state index is 0.00298. The largest absolute Gasteiger partial charge is 0.335 e. The predicted molar refractivity (Wildman–Crippen MR) is 76.4 cm³/mol. The van der Waals surface area contributed by atoms with E-state index in [-0.39, 0.29) is 12.1 Å². The molecule has 1 N–H and O–H groups in total. The molecule has 1 aromatic heterocycles. The molecule has 0 radical (unpaired) electrons. The second kappa shape index (κ2) is 7.01. The van der Waals surface area contributed by atoms with Crippen LogP contribution in [0.1, 0.15) is 31.6 Å². The fourth-order valence-electron chi connectivity index (χ4n) is 1.52. The van der Waals surface area contributed by atoms with Crippen molar-refractivity contribution in [3.63, 3.8) is 0 Å². The van der Waals surface area contributed by atoms with Crippen LogP contribution in [0.2, 0.25) is 0 Å². The smallest absolute Gasteiger partial charge is 0.317 e.